The van der Waals surface area contributed by atoms with Crippen molar-refractivity contribution in [1.29, 1.82) is 0 Å². The molecule has 5 heteroatoms. The van der Waals surface area contributed by atoms with Crippen LogP contribution < -0.4 is 14.8 Å². The second-order valence-corrected chi connectivity index (χ2v) is 6.28. The summed E-state index contributed by atoms with van der Waals surface area (Å²) in [5.74, 6) is 1.04. The molecule has 1 aromatic carbocycles. The Bertz CT molecular complexity index is 441. The van der Waals surface area contributed by atoms with Crippen LogP contribution in [0.1, 0.15) is 33.3 Å². The molecule has 1 rings (SSSR count). The molecular weight excluding hydrogens is 278 g/mol. The predicted molar refractivity (Wildman–Crippen MR) is 81.8 cm³/mol. The Labute approximate surface area is 126 Å². The molecule has 0 heterocycles. The molecule has 1 unspecified atom stereocenters. The number of rotatable bonds is 6. The van der Waals surface area contributed by atoms with Crippen molar-refractivity contribution in [1.82, 2.24) is 5.32 Å². The lowest BCUT2D eigenvalue weighted by Gasteiger charge is -2.21. The number of methoxy groups -OCH3 is 1. The van der Waals surface area contributed by atoms with Crippen molar-refractivity contribution in [3.8, 4) is 11.5 Å². The molecule has 0 radical (unpaired) electrons. The quantitative estimate of drug-likeness (QED) is 0.848. The van der Waals surface area contributed by atoms with Crippen LogP contribution in [-0.2, 0) is 6.54 Å². The molecular formula is C15H24ClNO3. The summed E-state index contributed by atoms with van der Waals surface area (Å²) in [6.45, 7) is 8.83. The van der Waals surface area contributed by atoms with Crippen LogP contribution in [0.2, 0.25) is 5.02 Å². The zero-order chi connectivity index (χ0) is 15.3. The van der Waals surface area contributed by atoms with Crippen molar-refractivity contribution >= 4 is 11.6 Å². The third-order valence-electron chi connectivity index (χ3n) is 2.58. The smallest absolute Gasteiger partial charge is 0.179 e. The maximum absolute atomic E-state index is 9.28. The Morgan fingerprint density at radius 3 is 2.50 bits per heavy atom. The van der Waals surface area contributed by atoms with Crippen molar-refractivity contribution in [2.45, 2.75) is 45.9 Å². The maximum Gasteiger partial charge on any atom is 0.179 e. The van der Waals surface area contributed by atoms with E-state index in [1.807, 2.05) is 12.1 Å². The molecule has 0 spiro atoms. The average Bonchev–Trinajstić information content (AvgIpc) is 2.33. The number of halogens is 1. The van der Waals surface area contributed by atoms with E-state index >= 15 is 0 Å². The van der Waals surface area contributed by atoms with Crippen LogP contribution in [0, 0.1) is 0 Å². The molecule has 114 valence electrons. The van der Waals surface area contributed by atoms with Crippen LogP contribution in [-0.4, -0.2) is 30.5 Å². The van der Waals surface area contributed by atoms with Gasteiger partial charge in [-0.1, -0.05) is 11.6 Å². The number of benzene rings is 1. The number of aliphatic hydroxyl groups excluding tert-OH is 1. The number of nitrogens with one attached hydrogen (secondary N) is 1. The zero-order valence-electron chi connectivity index (χ0n) is 12.8. The Hall–Kier alpha value is -0.970. The normalized spacial score (nSPS) is 13.2. The summed E-state index contributed by atoms with van der Waals surface area (Å²) in [5, 5.41) is 13.2. The van der Waals surface area contributed by atoms with Crippen LogP contribution in [0.5, 0.6) is 11.5 Å². The highest BCUT2D eigenvalue weighted by Gasteiger charge is 2.14. The monoisotopic (exact) mass is 301 g/mol. The van der Waals surface area contributed by atoms with Crippen LogP contribution in [0.4, 0.5) is 0 Å². The molecule has 0 amide bonds. The summed E-state index contributed by atoms with van der Waals surface area (Å²) in [6.07, 6.45) is -0.557. The summed E-state index contributed by atoms with van der Waals surface area (Å²) >= 11 is 6.23. The second-order valence-electron chi connectivity index (χ2n) is 5.87. The molecule has 0 saturated heterocycles. The summed E-state index contributed by atoms with van der Waals surface area (Å²) < 4.78 is 10.8. The molecule has 0 fully saturated rings. The molecule has 0 aliphatic carbocycles. The summed E-state index contributed by atoms with van der Waals surface area (Å²) in [5.41, 5.74) is 1.05. The first-order valence-corrected chi connectivity index (χ1v) is 7.03. The highest BCUT2D eigenvalue weighted by Crippen LogP contribution is 2.36. The minimum absolute atomic E-state index is 0.0290. The fourth-order valence-corrected chi connectivity index (χ4v) is 1.87. The largest absolute Gasteiger partial charge is 0.493 e. The number of aliphatic hydroxyl groups is 1. The molecule has 0 saturated carbocycles. The minimum atomic E-state index is -0.557. The van der Waals surface area contributed by atoms with Crippen molar-refractivity contribution < 1.29 is 14.6 Å². The highest BCUT2D eigenvalue weighted by molar-refractivity contribution is 6.32. The lowest BCUT2D eigenvalue weighted by atomic mass is 10.1. The van der Waals surface area contributed by atoms with Gasteiger partial charge in [-0.05, 0) is 45.4 Å². The maximum atomic E-state index is 9.28. The van der Waals surface area contributed by atoms with Gasteiger partial charge in [-0.2, -0.15) is 0 Å². The molecule has 0 aliphatic heterocycles. The van der Waals surface area contributed by atoms with Gasteiger partial charge in [0.15, 0.2) is 11.5 Å². The summed E-state index contributed by atoms with van der Waals surface area (Å²) in [4.78, 5) is 0. The van der Waals surface area contributed by atoms with Gasteiger partial charge in [0.25, 0.3) is 0 Å². The van der Waals surface area contributed by atoms with E-state index in [9.17, 15) is 5.11 Å². The van der Waals surface area contributed by atoms with Crippen LogP contribution >= 0.6 is 11.6 Å². The Morgan fingerprint density at radius 2 is 2.00 bits per heavy atom. The van der Waals surface area contributed by atoms with Gasteiger partial charge in [-0.15, -0.1) is 0 Å². The van der Waals surface area contributed by atoms with Gasteiger partial charge < -0.3 is 19.9 Å². The number of hydrogen-bond donors (Lipinski definition) is 2. The molecule has 0 bridgehead atoms. The van der Waals surface area contributed by atoms with E-state index in [0.717, 1.165) is 5.56 Å². The van der Waals surface area contributed by atoms with Crippen LogP contribution in [0.15, 0.2) is 12.1 Å². The summed E-state index contributed by atoms with van der Waals surface area (Å²) in [7, 11) is 1.57. The van der Waals surface area contributed by atoms with E-state index in [2.05, 4.69) is 26.1 Å². The van der Waals surface area contributed by atoms with Gasteiger partial charge in [0.1, 0.15) is 6.61 Å². The van der Waals surface area contributed by atoms with Gasteiger partial charge in [0, 0.05) is 12.1 Å². The first-order chi connectivity index (χ1) is 9.23. The van der Waals surface area contributed by atoms with E-state index < -0.39 is 6.10 Å². The van der Waals surface area contributed by atoms with Gasteiger partial charge in [-0.3, -0.25) is 0 Å². The van der Waals surface area contributed by atoms with E-state index in [4.69, 9.17) is 21.1 Å². The first kappa shape index (κ1) is 17.1. The standard InChI is InChI=1S/C15H24ClNO3/c1-10(18)9-20-14-12(16)6-11(7-13(14)19-5)8-17-15(2,3)4/h6-7,10,17-18H,8-9H2,1-5H3. The van der Waals surface area contributed by atoms with Gasteiger partial charge in [-0.25, -0.2) is 0 Å². The SMILES string of the molecule is COc1cc(CNC(C)(C)C)cc(Cl)c1OCC(C)O. The zero-order valence-corrected chi connectivity index (χ0v) is 13.5. The lowest BCUT2D eigenvalue weighted by molar-refractivity contribution is 0.120. The fraction of sp³-hybridized carbons (Fsp3) is 0.600. The first-order valence-electron chi connectivity index (χ1n) is 6.65. The third-order valence-corrected chi connectivity index (χ3v) is 2.86. The van der Waals surface area contributed by atoms with Crippen LogP contribution in [0.25, 0.3) is 0 Å². The molecule has 4 nitrogen and oxygen atoms in total. The molecule has 0 aromatic heterocycles. The van der Waals surface area contributed by atoms with Gasteiger partial charge >= 0.3 is 0 Å². The van der Waals surface area contributed by atoms with Gasteiger partial charge in [0.05, 0.1) is 18.2 Å². The van der Waals surface area contributed by atoms with E-state index in [-0.39, 0.29) is 12.1 Å². The summed E-state index contributed by atoms with van der Waals surface area (Å²) in [6, 6.07) is 3.74. The third kappa shape index (κ3) is 5.57. The van der Waals surface area contributed by atoms with E-state index in [1.165, 1.54) is 0 Å². The van der Waals surface area contributed by atoms with Crippen molar-refractivity contribution in [3.05, 3.63) is 22.7 Å². The average molecular weight is 302 g/mol. The van der Waals surface area contributed by atoms with Crippen molar-refractivity contribution in [2.24, 2.45) is 0 Å². The highest BCUT2D eigenvalue weighted by atomic mass is 35.5. The Morgan fingerprint density at radius 1 is 1.35 bits per heavy atom. The van der Waals surface area contributed by atoms with Crippen LogP contribution in [0.3, 0.4) is 0 Å². The van der Waals surface area contributed by atoms with Gasteiger partial charge in [0.2, 0.25) is 0 Å². The number of hydrogen-bond acceptors (Lipinski definition) is 4. The number of ether oxygens (including phenoxy) is 2. The van der Waals surface area contributed by atoms with Crippen molar-refractivity contribution in [3.63, 3.8) is 0 Å². The molecule has 1 atom stereocenters. The topological polar surface area (TPSA) is 50.7 Å². The predicted octanol–water partition coefficient (Wildman–Crippen LogP) is 3.00. The minimum Gasteiger partial charge on any atom is -0.493 e. The Kier molecular flexibility index (Phi) is 6.11. The molecule has 0 aliphatic rings. The Balaban J connectivity index is 2.89. The molecule has 1 aromatic rings. The second kappa shape index (κ2) is 7.16. The molecule has 20 heavy (non-hydrogen) atoms. The van der Waals surface area contributed by atoms with Crippen molar-refractivity contribution in [2.75, 3.05) is 13.7 Å². The molecule has 2 N–H and O–H groups in total. The fourth-order valence-electron chi connectivity index (χ4n) is 1.59. The van der Waals surface area contributed by atoms with E-state index in [1.54, 1.807) is 14.0 Å². The lowest BCUT2D eigenvalue weighted by Crippen LogP contribution is -2.35. The van der Waals surface area contributed by atoms with E-state index in [0.29, 0.717) is 23.1 Å².